The molecule has 23 heavy (non-hydrogen) atoms. The van der Waals surface area contributed by atoms with Gasteiger partial charge in [-0.15, -0.1) is 11.3 Å². The highest BCUT2D eigenvalue weighted by atomic mass is 35.5. The molecule has 2 heterocycles. The molecule has 0 aliphatic rings. The Labute approximate surface area is 141 Å². The summed E-state index contributed by atoms with van der Waals surface area (Å²) in [5, 5.41) is 5.76. The molecule has 0 radical (unpaired) electrons. The smallest absolute Gasteiger partial charge is 0.267 e. The van der Waals surface area contributed by atoms with E-state index in [1.165, 1.54) is 11.3 Å². The number of carbonyl (C=O) groups excluding carboxylic acids is 2. The van der Waals surface area contributed by atoms with Gasteiger partial charge in [0.05, 0.1) is 10.6 Å². The molecular weight excluding hydrogens is 336 g/mol. The highest BCUT2D eigenvalue weighted by Crippen LogP contribution is 2.27. The number of hydrazine groups is 1. The first kappa shape index (κ1) is 15.5. The number of benzene rings is 1. The van der Waals surface area contributed by atoms with Crippen LogP contribution in [0.4, 0.5) is 0 Å². The summed E-state index contributed by atoms with van der Waals surface area (Å²) in [6.45, 7) is 1.89. The molecule has 118 valence electrons. The molecule has 0 saturated heterocycles. The van der Waals surface area contributed by atoms with E-state index in [-0.39, 0.29) is 5.91 Å². The van der Waals surface area contributed by atoms with Crippen LogP contribution in [0.1, 0.15) is 25.7 Å². The molecule has 0 saturated carbocycles. The highest BCUT2D eigenvalue weighted by molar-refractivity contribution is 7.20. The molecular formula is C15H13ClN4O2S. The third kappa shape index (κ3) is 3.06. The van der Waals surface area contributed by atoms with Crippen LogP contribution in [0.15, 0.2) is 30.3 Å². The van der Waals surface area contributed by atoms with Gasteiger partial charge in [-0.2, -0.15) is 5.10 Å². The monoisotopic (exact) mass is 348 g/mol. The van der Waals surface area contributed by atoms with E-state index in [1.807, 2.05) is 14.0 Å². The third-order valence-electron chi connectivity index (χ3n) is 3.32. The van der Waals surface area contributed by atoms with Crippen LogP contribution >= 0.6 is 22.9 Å². The number of hydrogen-bond acceptors (Lipinski definition) is 4. The minimum absolute atomic E-state index is 0.368. The standard InChI is InChI=1S/C15H13ClN4O2S/c1-8-11-7-12(23-15(11)20(2)19-8)14(22)18-17-13(21)9-3-5-10(16)6-4-9/h3-7H,1-2H3,(H,17,21)(H,18,22). The van der Waals surface area contributed by atoms with E-state index in [4.69, 9.17) is 11.6 Å². The molecule has 0 aliphatic heterocycles. The molecule has 2 N–H and O–H groups in total. The molecule has 2 aromatic heterocycles. The predicted molar refractivity (Wildman–Crippen MR) is 89.7 cm³/mol. The molecule has 3 aromatic rings. The number of hydrogen-bond donors (Lipinski definition) is 2. The highest BCUT2D eigenvalue weighted by Gasteiger charge is 2.15. The number of aromatic nitrogens is 2. The maximum absolute atomic E-state index is 12.2. The van der Waals surface area contributed by atoms with Gasteiger partial charge in [0, 0.05) is 23.0 Å². The summed E-state index contributed by atoms with van der Waals surface area (Å²) in [5.74, 6) is -0.776. The Morgan fingerprint density at radius 2 is 1.83 bits per heavy atom. The van der Waals surface area contributed by atoms with E-state index in [9.17, 15) is 9.59 Å². The fourth-order valence-electron chi connectivity index (χ4n) is 2.17. The van der Waals surface area contributed by atoms with Crippen molar-refractivity contribution in [1.82, 2.24) is 20.6 Å². The lowest BCUT2D eigenvalue weighted by molar-refractivity contribution is 0.0849. The second-order valence-corrected chi connectivity index (χ2v) is 6.42. The maximum Gasteiger partial charge on any atom is 0.279 e. The normalized spacial score (nSPS) is 10.7. The molecule has 0 unspecified atom stereocenters. The van der Waals surface area contributed by atoms with Crippen molar-refractivity contribution in [2.75, 3.05) is 0 Å². The molecule has 3 rings (SSSR count). The van der Waals surface area contributed by atoms with Gasteiger partial charge < -0.3 is 0 Å². The van der Waals surface area contributed by atoms with Gasteiger partial charge in [-0.3, -0.25) is 25.1 Å². The largest absolute Gasteiger partial charge is 0.279 e. The van der Waals surface area contributed by atoms with Crippen LogP contribution in [0.3, 0.4) is 0 Å². The van der Waals surface area contributed by atoms with Gasteiger partial charge in [0.1, 0.15) is 4.83 Å². The van der Waals surface area contributed by atoms with Gasteiger partial charge in [-0.1, -0.05) is 11.6 Å². The van der Waals surface area contributed by atoms with Crippen LogP contribution in [0, 0.1) is 6.92 Å². The maximum atomic E-state index is 12.2. The van der Waals surface area contributed by atoms with Crippen LogP contribution in [0.25, 0.3) is 10.2 Å². The van der Waals surface area contributed by atoms with Gasteiger partial charge >= 0.3 is 0 Å². The summed E-state index contributed by atoms with van der Waals surface area (Å²) in [6, 6.07) is 8.16. The molecule has 0 fully saturated rings. The molecule has 0 atom stereocenters. The van der Waals surface area contributed by atoms with E-state index in [0.717, 1.165) is 15.9 Å². The lowest BCUT2D eigenvalue weighted by Crippen LogP contribution is -2.41. The number of rotatable bonds is 2. The topological polar surface area (TPSA) is 76.0 Å². The van der Waals surface area contributed by atoms with E-state index in [1.54, 1.807) is 35.0 Å². The Morgan fingerprint density at radius 3 is 2.48 bits per heavy atom. The van der Waals surface area contributed by atoms with Gasteiger partial charge in [0.2, 0.25) is 0 Å². The van der Waals surface area contributed by atoms with Gasteiger partial charge in [-0.25, -0.2) is 0 Å². The zero-order valence-electron chi connectivity index (χ0n) is 12.4. The summed E-state index contributed by atoms with van der Waals surface area (Å²) in [6.07, 6.45) is 0. The summed E-state index contributed by atoms with van der Waals surface area (Å²) < 4.78 is 1.73. The third-order valence-corrected chi connectivity index (χ3v) is 4.77. The second kappa shape index (κ2) is 6.02. The fourth-order valence-corrected chi connectivity index (χ4v) is 3.31. The van der Waals surface area contributed by atoms with Crippen LogP contribution in [0.2, 0.25) is 5.02 Å². The number of fused-ring (bicyclic) bond motifs is 1. The zero-order chi connectivity index (χ0) is 16.6. The van der Waals surface area contributed by atoms with Crippen molar-refractivity contribution in [3.8, 4) is 0 Å². The molecule has 1 aromatic carbocycles. The van der Waals surface area contributed by atoms with Crippen LogP contribution in [-0.2, 0) is 7.05 Å². The van der Waals surface area contributed by atoms with E-state index in [2.05, 4.69) is 16.0 Å². The minimum Gasteiger partial charge on any atom is -0.267 e. The van der Waals surface area contributed by atoms with Crippen molar-refractivity contribution in [1.29, 1.82) is 0 Å². The number of amides is 2. The first-order chi connectivity index (χ1) is 11.0. The average Bonchev–Trinajstić information content (AvgIpc) is 3.07. The quantitative estimate of drug-likeness (QED) is 0.699. The number of thiophene rings is 1. The molecule has 6 nitrogen and oxygen atoms in total. The minimum atomic E-state index is -0.408. The van der Waals surface area contributed by atoms with E-state index >= 15 is 0 Å². The van der Waals surface area contributed by atoms with Crippen molar-refractivity contribution in [3.05, 3.63) is 51.5 Å². The molecule has 8 heteroatoms. The lowest BCUT2D eigenvalue weighted by Gasteiger charge is -2.06. The first-order valence-electron chi connectivity index (χ1n) is 6.75. The van der Waals surface area contributed by atoms with Gasteiger partial charge in [0.15, 0.2) is 0 Å². The Morgan fingerprint density at radius 1 is 1.17 bits per heavy atom. The van der Waals surface area contributed by atoms with E-state index in [0.29, 0.717) is 15.5 Å². The fraction of sp³-hybridized carbons (Fsp3) is 0.133. The Balaban J connectivity index is 1.69. The second-order valence-electron chi connectivity index (χ2n) is 4.95. The molecule has 0 bridgehead atoms. The molecule has 0 spiro atoms. The average molecular weight is 349 g/mol. The summed E-state index contributed by atoms with van der Waals surface area (Å²) in [5.41, 5.74) is 6.07. The van der Waals surface area contributed by atoms with Crippen LogP contribution < -0.4 is 10.9 Å². The lowest BCUT2D eigenvalue weighted by atomic mass is 10.2. The number of nitrogens with one attached hydrogen (secondary N) is 2. The van der Waals surface area contributed by atoms with Crippen LogP contribution in [-0.4, -0.2) is 21.6 Å². The van der Waals surface area contributed by atoms with E-state index < -0.39 is 5.91 Å². The van der Waals surface area contributed by atoms with Crippen LogP contribution in [0.5, 0.6) is 0 Å². The summed E-state index contributed by atoms with van der Waals surface area (Å²) in [7, 11) is 1.83. The molecule has 0 aliphatic carbocycles. The van der Waals surface area contributed by atoms with Crippen molar-refractivity contribution in [2.24, 2.45) is 7.05 Å². The van der Waals surface area contributed by atoms with Gasteiger partial charge in [-0.05, 0) is 37.3 Å². The number of nitrogens with zero attached hydrogens (tertiary/aromatic N) is 2. The zero-order valence-corrected chi connectivity index (χ0v) is 14.0. The van der Waals surface area contributed by atoms with Crippen molar-refractivity contribution in [3.63, 3.8) is 0 Å². The number of aryl methyl sites for hydroxylation is 2. The number of carbonyl (C=O) groups is 2. The predicted octanol–water partition coefficient (Wildman–Crippen LogP) is 2.67. The first-order valence-corrected chi connectivity index (χ1v) is 7.94. The Kier molecular flexibility index (Phi) is 4.06. The summed E-state index contributed by atoms with van der Waals surface area (Å²) >= 11 is 7.09. The SMILES string of the molecule is Cc1nn(C)c2sc(C(=O)NNC(=O)c3ccc(Cl)cc3)cc12. The van der Waals surface area contributed by atoms with Crippen molar-refractivity contribution in [2.45, 2.75) is 6.92 Å². The number of halogens is 1. The van der Waals surface area contributed by atoms with Gasteiger partial charge in [0.25, 0.3) is 11.8 Å². The van der Waals surface area contributed by atoms with Crippen molar-refractivity contribution < 1.29 is 9.59 Å². The molecule has 2 amide bonds. The summed E-state index contributed by atoms with van der Waals surface area (Å²) in [4.78, 5) is 25.5. The Bertz CT molecular complexity index is 864. The Hall–Kier alpha value is -2.38. The van der Waals surface area contributed by atoms with Crippen molar-refractivity contribution >= 4 is 45.0 Å².